The van der Waals surface area contributed by atoms with Gasteiger partial charge in [0.15, 0.2) is 5.65 Å². The zero-order valence-corrected chi connectivity index (χ0v) is 5.52. The Labute approximate surface area is 57.3 Å². The third-order valence-electron chi connectivity index (χ3n) is 1.38. The summed E-state index contributed by atoms with van der Waals surface area (Å²) in [5, 5.41) is 4.00. The number of hydrogen-bond donors (Lipinski definition) is 1. The second-order valence-electron chi connectivity index (χ2n) is 1.92. The Hall–Kier alpha value is -1.52. The summed E-state index contributed by atoms with van der Waals surface area (Å²) in [6.45, 7) is 0. The molecule has 0 unspecified atom stereocenters. The Morgan fingerprint density at radius 2 is 2.40 bits per heavy atom. The van der Waals surface area contributed by atoms with Crippen molar-refractivity contribution in [1.29, 1.82) is 0 Å². The van der Waals surface area contributed by atoms with Crippen LogP contribution in [0.1, 0.15) is 0 Å². The molecular weight excluding hydrogens is 130 g/mol. The van der Waals surface area contributed by atoms with Crippen LogP contribution in [0.15, 0.2) is 18.9 Å². The van der Waals surface area contributed by atoms with Gasteiger partial charge in [0.2, 0.25) is 0 Å². The van der Waals surface area contributed by atoms with Crippen LogP contribution in [0.5, 0.6) is 0 Å². The van der Waals surface area contributed by atoms with Crippen molar-refractivity contribution in [3.63, 3.8) is 0 Å². The Morgan fingerprint density at radius 3 is 3.20 bits per heavy atom. The van der Waals surface area contributed by atoms with E-state index in [1.165, 1.54) is 0 Å². The first-order chi connectivity index (χ1) is 4.92. The summed E-state index contributed by atoms with van der Waals surface area (Å²) in [6, 6.07) is 0. The quantitative estimate of drug-likeness (QED) is 0.587. The van der Waals surface area contributed by atoms with Gasteiger partial charge in [-0.1, -0.05) is 0 Å². The highest BCUT2D eigenvalue weighted by Gasteiger charge is 1.97. The first-order valence-electron chi connectivity index (χ1n) is 2.95. The van der Waals surface area contributed by atoms with E-state index in [9.17, 15) is 0 Å². The fourth-order valence-electron chi connectivity index (χ4n) is 0.882. The molecule has 0 fully saturated rings. The molecule has 0 atom stereocenters. The molecular formula is C5H7N5. The molecule has 2 aromatic rings. The molecule has 0 aliphatic rings. The van der Waals surface area contributed by atoms with Crippen molar-refractivity contribution < 1.29 is 0 Å². The fraction of sp³-hybridized carbons (Fsp3) is 0.200. The maximum absolute atomic E-state index is 4.00. The van der Waals surface area contributed by atoms with E-state index in [-0.39, 0.29) is 0 Å². The van der Waals surface area contributed by atoms with E-state index in [0.717, 1.165) is 5.65 Å². The predicted octanol–water partition coefficient (Wildman–Crippen LogP) is -0.296. The molecule has 1 N–H and O–H groups in total. The number of imidazole rings is 1. The van der Waals surface area contributed by atoms with Gasteiger partial charge in [0.05, 0.1) is 6.20 Å². The lowest BCUT2D eigenvalue weighted by molar-refractivity contribution is 0.937. The van der Waals surface area contributed by atoms with Crippen LogP contribution in [-0.2, 0) is 0 Å². The van der Waals surface area contributed by atoms with Crippen LogP contribution < -0.4 is 5.43 Å². The summed E-state index contributed by atoms with van der Waals surface area (Å²) in [6.07, 6.45) is 5.09. The number of hydrogen-bond acceptors (Lipinski definition) is 3. The first-order valence-corrected chi connectivity index (χ1v) is 2.95. The van der Waals surface area contributed by atoms with Gasteiger partial charge in [0, 0.05) is 7.05 Å². The summed E-state index contributed by atoms with van der Waals surface area (Å²) >= 11 is 0. The molecule has 0 aromatic carbocycles. The number of fused-ring (bicyclic) bond motifs is 1. The summed E-state index contributed by atoms with van der Waals surface area (Å²) in [5.74, 6) is 0. The van der Waals surface area contributed by atoms with Gasteiger partial charge in [-0.05, 0) is 0 Å². The third kappa shape index (κ3) is 0.513. The van der Waals surface area contributed by atoms with Gasteiger partial charge in [0.1, 0.15) is 12.7 Å². The lowest BCUT2D eigenvalue weighted by Gasteiger charge is -1.95. The fourth-order valence-corrected chi connectivity index (χ4v) is 0.882. The van der Waals surface area contributed by atoms with Gasteiger partial charge < -0.3 is 5.43 Å². The maximum Gasteiger partial charge on any atom is 0.174 e. The van der Waals surface area contributed by atoms with E-state index in [0.29, 0.717) is 0 Å². The highest BCUT2D eigenvalue weighted by molar-refractivity contribution is 5.34. The van der Waals surface area contributed by atoms with Crippen molar-refractivity contribution in [2.75, 3.05) is 12.5 Å². The molecule has 2 rings (SSSR count). The standard InChI is InChI=1S/C5H7N5/c1-6-9-4-8-10-3-7-2-5(9)10/h2-4,6H,1H3. The molecule has 0 saturated carbocycles. The average molecular weight is 137 g/mol. The maximum atomic E-state index is 4.00. The molecule has 10 heavy (non-hydrogen) atoms. The van der Waals surface area contributed by atoms with Crippen LogP contribution in [0.25, 0.3) is 5.65 Å². The Bertz CT molecular complexity index is 332. The normalized spacial score (nSPS) is 10.5. The van der Waals surface area contributed by atoms with Crippen molar-refractivity contribution in [2.45, 2.75) is 0 Å². The van der Waals surface area contributed by atoms with Crippen LogP contribution in [0.3, 0.4) is 0 Å². The van der Waals surface area contributed by atoms with Crippen LogP contribution in [0.2, 0.25) is 0 Å². The van der Waals surface area contributed by atoms with Crippen molar-refractivity contribution >= 4 is 5.65 Å². The molecule has 2 heterocycles. The molecule has 0 spiro atoms. The summed E-state index contributed by atoms with van der Waals surface area (Å²) in [5.41, 5.74) is 3.86. The minimum Gasteiger partial charge on any atom is -0.326 e. The molecule has 52 valence electrons. The molecule has 0 saturated heterocycles. The first kappa shape index (κ1) is 5.28. The lowest BCUT2D eigenvalue weighted by atomic mass is 10.8. The van der Waals surface area contributed by atoms with Crippen molar-refractivity contribution in [3.8, 4) is 0 Å². The van der Waals surface area contributed by atoms with E-state index in [2.05, 4.69) is 15.5 Å². The largest absolute Gasteiger partial charge is 0.326 e. The Balaban J connectivity index is 2.76. The monoisotopic (exact) mass is 137 g/mol. The Kier molecular flexibility index (Phi) is 0.913. The van der Waals surface area contributed by atoms with Gasteiger partial charge in [-0.2, -0.15) is 5.10 Å². The number of rotatable bonds is 1. The molecule has 0 amide bonds. The van der Waals surface area contributed by atoms with Crippen molar-refractivity contribution in [1.82, 2.24) is 19.3 Å². The second-order valence-corrected chi connectivity index (χ2v) is 1.92. The molecule has 2 aromatic heterocycles. The van der Waals surface area contributed by atoms with Gasteiger partial charge in [-0.25, -0.2) is 14.2 Å². The van der Waals surface area contributed by atoms with Crippen LogP contribution in [0.4, 0.5) is 0 Å². The van der Waals surface area contributed by atoms with Gasteiger partial charge in [-0.15, -0.1) is 0 Å². The summed E-state index contributed by atoms with van der Waals surface area (Å²) in [7, 11) is 1.83. The Morgan fingerprint density at radius 1 is 1.50 bits per heavy atom. The van der Waals surface area contributed by atoms with Crippen LogP contribution >= 0.6 is 0 Å². The van der Waals surface area contributed by atoms with E-state index in [4.69, 9.17) is 0 Å². The highest BCUT2D eigenvalue weighted by Crippen LogP contribution is 1.96. The van der Waals surface area contributed by atoms with Gasteiger partial charge >= 0.3 is 0 Å². The molecule has 5 nitrogen and oxygen atoms in total. The number of aromatic nitrogens is 4. The van der Waals surface area contributed by atoms with E-state index < -0.39 is 0 Å². The second kappa shape index (κ2) is 1.73. The number of nitrogens with one attached hydrogen (secondary N) is 1. The predicted molar refractivity (Wildman–Crippen MR) is 36.3 cm³/mol. The van der Waals surface area contributed by atoms with E-state index >= 15 is 0 Å². The average Bonchev–Trinajstić information content (AvgIpc) is 2.44. The highest BCUT2D eigenvalue weighted by atomic mass is 15.5. The molecule has 0 aliphatic heterocycles. The summed E-state index contributed by atoms with van der Waals surface area (Å²) in [4.78, 5) is 3.91. The minimum atomic E-state index is 0.933. The van der Waals surface area contributed by atoms with E-state index in [1.54, 1.807) is 28.0 Å². The smallest absolute Gasteiger partial charge is 0.174 e. The molecule has 0 bridgehead atoms. The van der Waals surface area contributed by atoms with Crippen LogP contribution in [0, 0.1) is 0 Å². The van der Waals surface area contributed by atoms with Crippen LogP contribution in [-0.4, -0.2) is 26.3 Å². The van der Waals surface area contributed by atoms with Crippen molar-refractivity contribution in [2.24, 2.45) is 0 Å². The molecule has 0 radical (unpaired) electrons. The zero-order chi connectivity index (χ0) is 6.97. The minimum absolute atomic E-state index is 0.933. The third-order valence-corrected chi connectivity index (χ3v) is 1.38. The van der Waals surface area contributed by atoms with Crippen molar-refractivity contribution in [3.05, 3.63) is 18.9 Å². The zero-order valence-electron chi connectivity index (χ0n) is 5.52. The lowest BCUT2D eigenvalue weighted by Crippen LogP contribution is -2.06. The molecule has 0 aliphatic carbocycles. The topological polar surface area (TPSA) is 47.2 Å². The summed E-state index contributed by atoms with van der Waals surface area (Å²) < 4.78 is 3.48. The van der Waals surface area contributed by atoms with E-state index in [1.807, 2.05) is 7.05 Å². The van der Waals surface area contributed by atoms with Gasteiger partial charge in [-0.3, -0.25) is 0 Å². The van der Waals surface area contributed by atoms with Gasteiger partial charge in [0.25, 0.3) is 0 Å². The number of nitrogens with zero attached hydrogens (tertiary/aromatic N) is 4. The molecule has 5 heteroatoms. The SMILES string of the molecule is CNn1cnn2cncc12.